The average Bonchev–Trinajstić information content (AvgIpc) is 2.80. The van der Waals surface area contributed by atoms with Gasteiger partial charge in [0.25, 0.3) is 0 Å². The summed E-state index contributed by atoms with van der Waals surface area (Å²) >= 11 is 4.10. The molecule has 1 saturated heterocycles. The summed E-state index contributed by atoms with van der Waals surface area (Å²) in [7, 11) is 2.01. The molecular formula is C12H16N4S2. The van der Waals surface area contributed by atoms with Crippen LogP contribution < -0.4 is 5.32 Å². The van der Waals surface area contributed by atoms with Crippen molar-refractivity contribution in [2.75, 3.05) is 29.1 Å². The Morgan fingerprint density at radius 3 is 3.22 bits per heavy atom. The van der Waals surface area contributed by atoms with Gasteiger partial charge in [-0.15, -0.1) is 0 Å². The van der Waals surface area contributed by atoms with Gasteiger partial charge in [-0.2, -0.15) is 23.5 Å². The zero-order valence-corrected chi connectivity index (χ0v) is 11.9. The molecule has 1 unspecified atom stereocenters. The molecule has 0 saturated carbocycles. The Hall–Kier alpha value is -0.880. The van der Waals surface area contributed by atoms with Gasteiger partial charge >= 0.3 is 0 Å². The van der Waals surface area contributed by atoms with E-state index in [2.05, 4.69) is 27.0 Å². The Morgan fingerprint density at radius 2 is 2.39 bits per heavy atom. The van der Waals surface area contributed by atoms with Crippen molar-refractivity contribution in [3.63, 3.8) is 0 Å². The SMILES string of the molecule is Cn1cnc2c(NCC3CSCCS3)nccc21. The quantitative estimate of drug-likeness (QED) is 0.934. The van der Waals surface area contributed by atoms with E-state index in [9.17, 15) is 0 Å². The maximum Gasteiger partial charge on any atom is 0.154 e. The highest BCUT2D eigenvalue weighted by Gasteiger charge is 2.15. The number of imidazole rings is 1. The molecule has 2 aromatic rings. The molecule has 0 bridgehead atoms. The minimum absolute atomic E-state index is 0.685. The van der Waals surface area contributed by atoms with Crippen molar-refractivity contribution in [2.24, 2.45) is 7.05 Å². The first-order valence-corrected chi connectivity index (χ1v) is 8.24. The lowest BCUT2D eigenvalue weighted by atomic mass is 10.3. The Labute approximate surface area is 115 Å². The van der Waals surface area contributed by atoms with E-state index >= 15 is 0 Å². The van der Waals surface area contributed by atoms with Crippen LogP contribution >= 0.6 is 23.5 Å². The molecule has 2 aromatic heterocycles. The number of fused-ring (bicyclic) bond motifs is 1. The van der Waals surface area contributed by atoms with Crippen LogP contribution in [0.1, 0.15) is 0 Å². The summed E-state index contributed by atoms with van der Waals surface area (Å²) < 4.78 is 2.02. The molecule has 1 fully saturated rings. The number of aryl methyl sites for hydroxylation is 1. The van der Waals surface area contributed by atoms with Crippen molar-refractivity contribution < 1.29 is 0 Å². The first-order valence-electron chi connectivity index (χ1n) is 6.04. The Kier molecular flexibility index (Phi) is 3.65. The van der Waals surface area contributed by atoms with E-state index in [1.54, 1.807) is 0 Å². The predicted octanol–water partition coefficient (Wildman–Crippen LogP) is 2.23. The molecular weight excluding hydrogens is 264 g/mol. The number of hydrogen-bond donors (Lipinski definition) is 1. The van der Waals surface area contributed by atoms with Crippen LogP contribution in [0.4, 0.5) is 5.82 Å². The highest BCUT2D eigenvalue weighted by atomic mass is 32.2. The third kappa shape index (κ3) is 2.44. The topological polar surface area (TPSA) is 42.7 Å². The number of nitrogens with one attached hydrogen (secondary N) is 1. The standard InChI is InChI=1S/C12H16N4S2/c1-16-8-15-11-10(16)2-3-13-12(11)14-6-9-7-17-4-5-18-9/h2-3,8-9H,4-7H2,1H3,(H,13,14). The van der Waals surface area contributed by atoms with E-state index in [0.29, 0.717) is 5.25 Å². The van der Waals surface area contributed by atoms with Crippen LogP contribution in [0.2, 0.25) is 0 Å². The summed E-state index contributed by atoms with van der Waals surface area (Å²) in [6.07, 6.45) is 3.68. The summed E-state index contributed by atoms with van der Waals surface area (Å²) in [6, 6.07) is 2.00. The summed E-state index contributed by atoms with van der Waals surface area (Å²) in [6.45, 7) is 0.973. The zero-order valence-electron chi connectivity index (χ0n) is 10.3. The summed E-state index contributed by atoms with van der Waals surface area (Å²) in [5.41, 5.74) is 2.09. The first kappa shape index (κ1) is 12.2. The maximum atomic E-state index is 4.41. The van der Waals surface area contributed by atoms with Gasteiger partial charge in [-0.05, 0) is 6.07 Å². The zero-order chi connectivity index (χ0) is 12.4. The number of aromatic nitrogens is 3. The van der Waals surface area contributed by atoms with Gasteiger partial charge in [0, 0.05) is 42.3 Å². The third-order valence-corrected chi connectivity index (χ3v) is 5.87. The fraction of sp³-hybridized carbons (Fsp3) is 0.500. The van der Waals surface area contributed by atoms with Gasteiger partial charge in [0.05, 0.1) is 11.8 Å². The third-order valence-electron chi connectivity index (χ3n) is 3.03. The molecule has 0 aromatic carbocycles. The molecule has 18 heavy (non-hydrogen) atoms. The van der Waals surface area contributed by atoms with Gasteiger partial charge in [-0.25, -0.2) is 9.97 Å². The van der Waals surface area contributed by atoms with Gasteiger partial charge < -0.3 is 9.88 Å². The molecule has 96 valence electrons. The van der Waals surface area contributed by atoms with E-state index in [1.165, 1.54) is 17.3 Å². The number of rotatable bonds is 3. The second-order valence-corrected chi connectivity index (χ2v) is 6.89. The normalized spacial score (nSPS) is 20.2. The highest BCUT2D eigenvalue weighted by molar-refractivity contribution is 8.06. The van der Waals surface area contributed by atoms with Gasteiger partial charge in [0.15, 0.2) is 5.82 Å². The summed E-state index contributed by atoms with van der Waals surface area (Å²) in [4.78, 5) is 8.81. The number of pyridine rings is 1. The van der Waals surface area contributed by atoms with Gasteiger partial charge in [-0.1, -0.05) is 0 Å². The van der Waals surface area contributed by atoms with Gasteiger partial charge in [0.1, 0.15) is 5.52 Å². The molecule has 3 rings (SSSR count). The molecule has 6 heteroatoms. The molecule has 3 heterocycles. The average molecular weight is 280 g/mol. The molecule has 1 N–H and O–H groups in total. The van der Waals surface area contributed by atoms with E-state index in [1.807, 2.05) is 42.0 Å². The number of thioether (sulfide) groups is 2. The molecule has 1 atom stereocenters. The van der Waals surface area contributed by atoms with Crippen molar-refractivity contribution in [2.45, 2.75) is 5.25 Å². The van der Waals surface area contributed by atoms with Crippen molar-refractivity contribution in [1.29, 1.82) is 0 Å². The largest absolute Gasteiger partial charge is 0.367 e. The van der Waals surface area contributed by atoms with Crippen LogP contribution in [0.3, 0.4) is 0 Å². The lowest BCUT2D eigenvalue weighted by Crippen LogP contribution is -2.23. The van der Waals surface area contributed by atoms with Gasteiger partial charge in [0.2, 0.25) is 0 Å². The Balaban J connectivity index is 1.74. The molecule has 0 spiro atoms. The monoisotopic (exact) mass is 280 g/mol. The number of nitrogens with zero attached hydrogens (tertiary/aromatic N) is 3. The minimum Gasteiger partial charge on any atom is -0.367 e. The Bertz CT molecular complexity index is 534. The maximum absolute atomic E-state index is 4.41. The molecule has 1 aliphatic heterocycles. The lowest BCUT2D eigenvalue weighted by molar-refractivity contribution is 0.947. The first-order chi connectivity index (χ1) is 8.84. The van der Waals surface area contributed by atoms with E-state index in [4.69, 9.17) is 0 Å². The van der Waals surface area contributed by atoms with Crippen LogP contribution in [0, 0.1) is 0 Å². The predicted molar refractivity (Wildman–Crippen MR) is 80.6 cm³/mol. The molecule has 1 aliphatic rings. The Morgan fingerprint density at radius 1 is 1.44 bits per heavy atom. The summed E-state index contributed by atoms with van der Waals surface area (Å²) in [5.74, 6) is 4.69. The van der Waals surface area contributed by atoms with Gasteiger partial charge in [-0.3, -0.25) is 0 Å². The van der Waals surface area contributed by atoms with Crippen LogP contribution in [0.25, 0.3) is 11.0 Å². The van der Waals surface area contributed by atoms with Crippen LogP contribution in [0.5, 0.6) is 0 Å². The lowest BCUT2D eigenvalue weighted by Gasteiger charge is -2.21. The van der Waals surface area contributed by atoms with Crippen molar-refractivity contribution in [3.8, 4) is 0 Å². The van der Waals surface area contributed by atoms with Crippen LogP contribution in [-0.2, 0) is 7.05 Å². The fourth-order valence-corrected chi connectivity index (χ4v) is 4.67. The fourth-order valence-electron chi connectivity index (χ4n) is 2.06. The smallest absolute Gasteiger partial charge is 0.154 e. The molecule has 0 radical (unpaired) electrons. The van der Waals surface area contributed by atoms with Crippen LogP contribution in [-0.4, -0.2) is 43.6 Å². The number of anilines is 1. The molecule has 0 amide bonds. The molecule has 4 nitrogen and oxygen atoms in total. The molecule has 0 aliphatic carbocycles. The van der Waals surface area contributed by atoms with Crippen molar-refractivity contribution in [3.05, 3.63) is 18.6 Å². The van der Waals surface area contributed by atoms with Crippen LogP contribution in [0.15, 0.2) is 18.6 Å². The number of hydrogen-bond acceptors (Lipinski definition) is 5. The van der Waals surface area contributed by atoms with E-state index < -0.39 is 0 Å². The second-order valence-electron chi connectivity index (χ2n) is 4.33. The second kappa shape index (κ2) is 5.40. The van der Waals surface area contributed by atoms with E-state index in [0.717, 1.165) is 23.4 Å². The highest BCUT2D eigenvalue weighted by Crippen LogP contribution is 2.25. The van der Waals surface area contributed by atoms with E-state index in [-0.39, 0.29) is 0 Å². The minimum atomic E-state index is 0.685. The summed E-state index contributed by atoms with van der Waals surface area (Å²) in [5, 5.41) is 4.13. The van der Waals surface area contributed by atoms with Crippen molar-refractivity contribution >= 4 is 40.4 Å². The van der Waals surface area contributed by atoms with Crippen molar-refractivity contribution in [1.82, 2.24) is 14.5 Å².